The third kappa shape index (κ3) is 3.75. The van der Waals surface area contributed by atoms with Crippen LogP contribution in [-0.4, -0.2) is 32.4 Å². The van der Waals surface area contributed by atoms with E-state index < -0.39 is 0 Å². The molecule has 0 fully saturated rings. The number of nitrogens with zero attached hydrogens (tertiary/aromatic N) is 2. The van der Waals surface area contributed by atoms with Crippen LogP contribution in [0.3, 0.4) is 0 Å². The maximum atomic E-state index is 11.5. The summed E-state index contributed by atoms with van der Waals surface area (Å²) in [5.74, 6) is 0.0547. The van der Waals surface area contributed by atoms with Crippen LogP contribution in [0.2, 0.25) is 0 Å². The average molecular weight is 233 g/mol. The Morgan fingerprint density at radius 1 is 1.12 bits per heavy atom. The van der Waals surface area contributed by atoms with Crippen LogP contribution < -0.4 is 5.32 Å². The lowest BCUT2D eigenvalue weighted by atomic mass is 10.2. The first-order chi connectivity index (χ1) is 8.34. The second kappa shape index (κ2) is 5.83. The normalized spacial score (nSPS) is 10.4. The SMILES string of the molecule is O=C(CCc1cnc[nH]1)NCCc1cnc[nH]1. The first kappa shape index (κ1) is 11.4. The lowest BCUT2D eigenvalue weighted by Gasteiger charge is -2.03. The van der Waals surface area contributed by atoms with Gasteiger partial charge in [0.05, 0.1) is 12.7 Å². The van der Waals surface area contributed by atoms with Gasteiger partial charge < -0.3 is 15.3 Å². The van der Waals surface area contributed by atoms with Gasteiger partial charge in [0.1, 0.15) is 0 Å². The smallest absolute Gasteiger partial charge is 0.220 e. The van der Waals surface area contributed by atoms with Crippen LogP contribution >= 0.6 is 0 Å². The van der Waals surface area contributed by atoms with Crippen LogP contribution in [0.4, 0.5) is 0 Å². The number of hydrogen-bond acceptors (Lipinski definition) is 3. The summed E-state index contributed by atoms with van der Waals surface area (Å²) in [6.07, 6.45) is 8.69. The predicted molar refractivity (Wildman–Crippen MR) is 62.2 cm³/mol. The number of amides is 1. The van der Waals surface area contributed by atoms with E-state index in [1.165, 1.54) is 0 Å². The molecule has 1 amide bonds. The van der Waals surface area contributed by atoms with Crippen LogP contribution in [0.25, 0.3) is 0 Å². The molecule has 0 unspecified atom stereocenters. The second-order valence-corrected chi connectivity index (χ2v) is 3.75. The zero-order chi connectivity index (χ0) is 11.9. The van der Waals surface area contributed by atoms with Gasteiger partial charge in [-0.1, -0.05) is 0 Å². The van der Waals surface area contributed by atoms with Crippen LogP contribution in [0.15, 0.2) is 25.0 Å². The van der Waals surface area contributed by atoms with Gasteiger partial charge in [-0.15, -0.1) is 0 Å². The lowest BCUT2D eigenvalue weighted by molar-refractivity contribution is -0.121. The zero-order valence-electron chi connectivity index (χ0n) is 9.44. The summed E-state index contributed by atoms with van der Waals surface area (Å²) in [5.41, 5.74) is 2.01. The fourth-order valence-corrected chi connectivity index (χ4v) is 1.52. The summed E-state index contributed by atoms with van der Waals surface area (Å²) < 4.78 is 0. The molecule has 2 heterocycles. The van der Waals surface area contributed by atoms with Crippen molar-refractivity contribution in [3.63, 3.8) is 0 Å². The molecule has 0 saturated heterocycles. The van der Waals surface area contributed by atoms with Crippen molar-refractivity contribution in [1.29, 1.82) is 0 Å². The maximum Gasteiger partial charge on any atom is 0.220 e. The third-order valence-electron chi connectivity index (χ3n) is 2.45. The molecule has 0 atom stereocenters. The molecule has 2 rings (SSSR count). The Hall–Kier alpha value is -2.11. The quantitative estimate of drug-likeness (QED) is 0.676. The molecule has 0 bridgehead atoms. The summed E-state index contributed by atoms with van der Waals surface area (Å²) >= 11 is 0. The molecule has 3 N–H and O–H groups in total. The Bertz CT molecular complexity index is 434. The second-order valence-electron chi connectivity index (χ2n) is 3.75. The molecule has 2 aromatic heterocycles. The van der Waals surface area contributed by atoms with Crippen molar-refractivity contribution < 1.29 is 4.79 Å². The van der Waals surface area contributed by atoms with Crippen LogP contribution in [0.1, 0.15) is 17.8 Å². The summed E-state index contributed by atoms with van der Waals surface area (Å²) in [6.45, 7) is 0.629. The Morgan fingerprint density at radius 3 is 2.35 bits per heavy atom. The molecule has 0 radical (unpaired) electrons. The monoisotopic (exact) mass is 233 g/mol. The van der Waals surface area contributed by atoms with Crippen molar-refractivity contribution >= 4 is 5.91 Å². The molecule has 0 spiro atoms. The van der Waals surface area contributed by atoms with E-state index in [1.807, 2.05) is 0 Å². The van der Waals surface area contributed by atoms with E-state index in [1.54, 1.807) is 25.0 Å². The van der Waals surface area contributed by atoms with E-state index >= 15 is 0 Å². The van der Waals surface area contributed by atoms with Gasteiger partial charge in [-0.3, -0.25) is 4.79 Å². The first-order valence-corrected chi connectivity index (χ1v) is 5.56. The molecule has 0 aliphatic carbocycles. The number of carbonyl (C=O) groups excluding carboxylic acids is 1. The number of imidazole rings is 2. The highest BCUT2D eigenvalue weighted by atomic mass is 16.1. The predicted octanol–water partition coefficient (Wildman–Crippen LogP) is 0.424. The number of nitrogens with one attached hydrogen (secondary N) is 3. The van der Waals surface area contributed by atoms with Crippen molar-refractivity contribution in [1.82, 2.24) is 25.3 Å². The fraction of sp³-hybridized carbons (Fsp3) is 0.364. The summed E-state index contributed by atoms with van der Waals surface area (Å²) in [5, 5.41) is 2.86. The van der Waals surface area contributed by atoms with Gasteiger partial charge in [0, 0.05) is 43.2 Å². The van der Waals surface area contributed by atoms with Gasteiger partial charge in [0.2, 0.25) is 5.91 Å². The van der Waals surface area contributed by atoms with Gasteiger partial charge in [-0.25, -0.2) is 9.97 Å². The summed E-state index contributed by atoms with van der Waals surface area (Å²) in [4.78, 5) is 25.3. The Balaban J connectivity index is 1.61. The highest BCUT2D eigenvalue weighted by Crippen LogP contribution is 1.97. The van der Waals surface area contributed by atoms with Crippen LogP contribution in [0, 0.1) is 0 Å². The molecule has 2 aromatic rings. The topological polar surface area (TPSA) is 86.5 Å². The van der Waals surface area contributed by atoms with Crippen molar-refractivity contribution in [2.75, 3.05) is 6.54 Å². The maximum absolute atomic E-state index is 11.5. The van der Waals surface area contributed by atoms with Crippen molar-refractivity contribution in [2.45, 2.75) is 19.3 Å². The average Bonchev–Trinajstić information content (AvgIpc) is 2.99. The van der Waals surface area contributed by atoms with E-state index in [2.05, 4.69) is 25.3 Å². The van der Waals surface area contributed by atoms with Gasteiger partial charge in [0.25, 0.3) is 0 Å². The Labute approximate surface area is 98.9 Å². The molecule has 0 aromatic carbocycles. The van der Waals surface area contributed by atoms with Crippen LogP contribution in [-0.2, 0) is 17.6 Å². The largest absolute Gasteiger partial charge is 0.356 e. The molecule has 90 valence electrons. The number of H-pyrrole nitrogens is 2. The van der Waals surface area contributed by atoms with E-state index in [4.69, 9.17) is 0 Å². The number of aryl methyl sites for hydroxylation is 1. The molecule has 6 nitrogen and oxygen atoms in total. The summed E-state index contributed by atoms with van der Waals surface area (Å²) in [6, 6.07) is 0. The number of carbonyl (C=O) groups is 1. The molecule has 0 saturated carbocycles. The van der Waals surface area contributed by atoms with Crippen molar-refractivity contribution in [3.05, 3.63) is 36.4 Å². The van der Waals surface area contributed by atoms with Gasteiger partial charge in [-0.2, -0.15) is 0 Å². The molecular weight excluding hydrogens is 218 g/mol. The summed E-state index contributed by atoms with van der Waals surface area (Å²) in [7, 11) is 0. The molecule has 0 aliphatic rings. The highest BCUT2D eigenvalue weighted by Gasteiger charge is 2.02. The standard InChI is InChI=1S/C11H15N5O/c17-11(2-1-9-5-12-7-15-9)14-4-3-10-6-13-8-16-10/h5-8H,1-4H2,(H,12,15)(H,13,16)(H,14,17). The van der Waals surface area contributed by atoms with Crippen molar-refractivity contribution in [3.8, 4) is 0 Å². The minimum absolute atomic E-state index is 0.0547. The fourth-order valence-electron chi connectivity index (χ4n) is 1.52. The highest BCUT2D eigenvalue weighted by molar-refractivity contribution is 5.76. The number of hydrogen-bond donors (Lipinski definition) is 3. The lowest BCUT2D eigenvalue weighted by Crippen LogP contribution is -2.25. The Morgan fingerprint density at radius 2 is 1.76 bits per heavy atom. The third-order valence-corrected chi connectivity index (χ3v) is 2.45. The minimum Gasteiger partial charge on any atom is -0.356 e. The van der Waals surface area contributed by atoms with Gasteiger partial charge in [0.15, 0.2) is 0 Å². The molecular formula is C11H15N5O. The zero-order valence-corrected chi connectivity index (χ0v) is 9.44. The van der Waals surface area contributed by atoms with E-state index in [9.17, 15) is 4.79 Å². The first-order valence-electron chi connectivity index (χ1n) is 5.56. The van der Waals surface area contributed by atoms with E-state index in [-0.39, 0.29) is 5.91 Å². The minimum atomic E-state index is 0.0547. The molecule has 6 heteroatoms. The van der Waals surface area contributed by atoms with Crippen LogP contribution in [0.5, 0.6) is 0 Å². The van der Waals surface area contributed by atoms with Gasteiger partial charge in [-0.05, 0) is 6.42 Å². The Kier molecular flexibility index (Phi) is 3.90. The van der Waals surface area contributed by atoms with E-state index in [0.29, 0.717) is 19.4 Å². The number of rotatable bonds is 6. The van der Waals surface area contributed by atoms with Gasteiger partial charge >= 0.3 is 0 Å². The molecule has 0 aliphatic heterocycles. The molecule has 17 heavy (non-hydrogen) atoms. The number of aromatic nitrogens is 4. The van der Waals surface area contributed by atoms with E-state index in [0.717, 1.165) is 17.8 Å². The number of aromatic amines is 2. The van der Waals surface area contributed by atoms with Crippen molar-refractivity contribution in [2.24, 2.45) is 0 Å².